The fourth-order valence-electron chi connectivity index (χ4n) is 4.65. The molecule has 1 fully saturated rings. The van der Waals surface area contributed by atoms with E-state index in [-0.39, 0.29) is 18.0 Å². The van der Waals surface area contributed by atoms with E-state index in [1.54, 1.807) is 6.20 Å². The number of thiocarbonyl (C=S) groups is 1. The molecule has 8 heteroatoms. The number of nitrogens with one attached hydrogen (secondary N) is 2. The van der Waals surface area contributed by atoms with Crippen molar-refractivity contribution in [1.82, 2.24) is 10.3 Å². The highest BCUT2D eigenvalue weighted by molar-refractivity contribution is 7.80. The first kappa shape index (κ1) is 25.5. The summed E-state index contributed by atoms with van der Waals surface area (Å²) in [6.45, 7) is 6.39. The van der Waals surface area contributed by atoms with Crippen LogP contribution < -0.4 is 20.3 Å². The van der Waals surface area contributed by atoms with Crippen LogP contribution in [-0.2, 0) is 4.79 Å². The Kier molecular flexibility index (Phi) is 7.42. The molecule has 1 aliphatic rings. The van der Waals surface area contributed by atoms with Gasteiger partial charge in [-0.15, -0.1) is 0 Å². The van der Waals surface area contributed by atoms with Gasteiger partial charge >= 0.3 is 0 Å². The molecule has 38 heavy (non-hydrogen) atoms. The molecule has 1 saturated heterocycles. The number of carbonyl (C=O) groups is 1. The third-order valence-corrected chi connectivity index (χ3v) is 6.86. The molecule has 0 unspecified atom stereocenters. The van der Waals surface area contributed by atoms with Crippen molar-refractivity contribution in [3.05, 3.63) is 96.0 Å². The molecule has 5 rings (SSSR count). The summed E-state index contributed by atoms with van der Waals surface area (Å²) in [5.74, 6) is 2.32. The van der Waals surface area contributed by atoms with Gasteiger partial charge in [0.25, 0.3) is 0 Å². The van der Waals surface area contributed by atoms with Crippen LogP contribution >= 0.6 is 12.2 Å². The van der Waals surface area contributed by atoms with Gasteiger partial charge in [-0.05, 0) is 98.4 Å². The van der Waals surface area contributed by atoms with Gasteiger partial charge in [0.05, 0.1) is 18.3 Å². The first-order chi connectivity index (χ1) is 18.5. The summed E-state index contributed by atoms with van der Waals surface area (Å²) in [6, 6.07) is 23.1. The first-order valence-corrected chi connectivity index (χ1v) is 13.1. The molecule has 1 amide bonds. The molecule has 2 atom stereocenters. The van der Waals surface area contributed by atoms with E-state index in [0.29, 0.717) is 18.1 Å². The summed E-state index contributed by atoms with van der Waals surface area (Å²) < 4.78 is 12.0. The van der Waals surface area contributed by atoms with Crippen molar-refractivity contribution >= 4 is 34.6 Å². The molecule has 0 saturated carbocycles. The number of pyridine rings is 1. The number of aryl methyl sites for hydroxylation is 1. The van der Waals surface area contributed by atoms with Crippen molar-refractivity contribution in [2.45, 2.75) is 39.3 Å². The second-order valence-electron chi connectivity index (χ2n) is 9.06. The van der Waals surface area contributed by atoms with E-state index in [9.17, 15) is 4.79 Å². The van der Waals surface area contributed by atoms with Gasteiger partial charge < -0.3 is 24.7 Å². The summed E-state index contributed by atoms with van der Waals surface area (Å²) in [6.07, 6.45) is 2.20. The number of anilines is 2. The normalized spacial score (nSPS) is 16.8. The van der Waals surface area contributed by atoms with E-state index in [2.05, 4.69) is 20.5 Å². The van der Waals surface area contributed by atoms with Crippen LogP contribution in [0.5, 0.6) is 5.75 Å². The number of aromatic nitrogens is 1. The van der Waals surface area contributed by atoms with E-state index >= 15 is 0 Å². The molecule has 0 spiro atoms. The number of rotatable bonds is 8. The maximum Gasteiger partial charge on any atom is 0.224 e. The van der Waals surface area contributed by atoms with Gasteiger partial charge in [0.2, 0.25) is 5.91 Å². The lowest BCUT2D eigenvalue weighted by atomic mass is 10.0. The largest absolute Gasteiger partial charge is 0.494 e. The minimum atomic E-state index is -0.274. The van der Waals surface area contributed by atoms with Gasteiger partial charge in [-0.3, -0.25) is 9.78 Å². The molecule has 2 aromatic heterocycles. The molecular formula is C30H30N4O3S. The molecule has 0 radical (unpaired) electrons. The predicted molar refractivity (Wildman–Crippen MR) is 153 cm³/mol. The van der Waals surface area contributed by atoms with Crippen LogP contribution in [0.3, 0.4) is 0 Å². The van der Waals surface area contributed by atoms with Gasteiger partial charge in [-0.25, -0.2) is 0 Å². The number of amides is 1. The Morgan fingerprint density at radius 3 is 2.61 bits per heavy atom. The zero-order chi connectivity index (χ0) is 26.6. The number of furan rings is 1. The highest BCUT2D eigenvalue weighted by atomic mass is 32.1. The van der Waals surface area contributed by atoms with Crippen LogP contribution in [0.1, 0.15) is 49.4 Å². The van der Waals surface area contributed by atoms with Crippen molar-refractivity contribution < 1.29 is 13.9 Å². The van der Waals surface area contributed by atoms with Gasteiger partial charge in [0, 0.05) is 29.6 Å². The zero-order valence-electron chi connectivity index (χ0n) is 21.6. The van der Waals surface area contributed by atoms with E-state index in [4.69, 9.17) is 21.4 Å². The Hall–Kier alpha value is -4.17. The van der Waals surface area contributed by atoms with Crippen LogP contribution in [0.2, 0.25) is 0 Å². The minimum Gasteiger partial charge on any atom is -0.494 e. The first-order valence-electron chi connectivity index (χ1n) is 12.7. The average Bonchev–Trinajstić information content (AvgIpc) is 3.55. The van der Waals surface area contributed by atoms with Gasteiger partial charge in [-0.2, -0.15) is 0 Å². The Morgan fingerprint density at radius 2 is 1.92 bits per heavy atom. The van der Waals surface area contributed by atoms with Crippen LogP contribution in [0.25, 0.3) is 11.3 Å². The third-order valence-electron chi connectivity index (χ3n) is 6.55. The van der Waals surface area contributed by atoms with E-state index in [1.807, 2.05) is 93.6 Å². The van der Waals surface area contributed by atoms with Crippen molar-refractivity contribution in [3.63, 3.8) is 0 Å². The molecule has 3 heterocycles. The van der Waals surface area contributed by atoms with Gasteiger partial charge in [0.15, 0.2) is 5.11 Å². The molecule has 7 nitrogen and oxygen atoms in total. The summed E-state index contributed by atoms with van der Waals surface area (Å²) in [5.41, 5.74) is 4.46. The molecule has 194 valence electrons. The monoisotopic (exact) mass is 526 g/mol. The quantitative estimate of drug-likeness (QED) is 0.251. The van der Waals surface area contributed by atoms with Crippen LogP contribution in [-0.4, -0.2) is 22.6 Å². The van der Waals surface area contributed by atoms with E-state index < -0.39 is 0 Å². The topological polar surface area (TPSA) is 79.6 Å². The Morgan fingerprint density at radius 1 is 1.11 bits per heavy atom. The smallest absolute Gasteiger partial charge is 0.224 e. The van der Waals surface area contributed by atoms with Crippen molar-refractivity contribution in [2.75, 3.05) is 16.8 Å². The van der Waals surface area contributed by atoms with Crippen LogP contribution in [0.15, 0.2) is 83.4 Å². The molecule has 2 aromatic carbocycles. The molecule has 2 N–H and O–H groups in total. The molecule has 1 aliphatic heterocycles. The summed E-state index contributed by atoms with van der Waals surface area (Å²) in [4.78, 5) is 18.6. The summed E-state index contributed by atoms with van der Waals surface area (Å²) in [5, 5.41) is 7.00. The lowest BCUT2D eigenvalue weighted by Crippen LogP contribution is -2.29. The second kappa shape index (κ2) is 11.1. The van der Waals surface area contributed by atoms with E-state index in [0.717, 1.165) is 45.5 Å². The maximum atomic E-state index is 12.0. The van der Waals surface area contributed by atoms with E-state index in [1.165, 1.54) is 0 Å². The number of benzene rings is 2. The van der Waals surface area contributed by atoms with Crippen LogP contribution in [0, 0.1) is 6.92 Å². The highest BCUT2D eigenvalue weighted by Gasteiger charge is 2.42. The number of hydrogen-bond acceptors (Lipinski definition) is 5. The standard InChI is InChI=1S/C30H30N4O3S/c1-4-27(35)32-23-14-11-21(18-19(23)3)34-29(28(33-30(34)38)24-8-6-7-17-31-24)26-16-15-25(37-26)20-9-12-22(13-10-20)36-5-2/h6-18,28-29H,4-5H2,1-3H3,(H,32,35)(H,33,38)/t28-,29-/m1/s1. The molecular weight excluding hydrogens is 496 g/mol. The number of carbonyl (C=O) groups excluding carboxylic acids is 1. The van der Waals surface area contributed by atoms with Crippen molar-refractivity contribution in [2.24, 2.45) is 0 Å². The molecule has 4 aromatic rings. The van der Waals surface area contributed by atoms with Crippen molar-refractivity contribution in [1.29, 1.82) is 0 Å². The summed E-state index contributed by atoms with van der Waals surface area (Å²) in [7, 11) is 0. The van der Waals surface area contributed by atoms with Crippen molar-refractivity contribution in [3.8, 4) is 17.1 Å². The lowest BCUT2D eigenvalue weighted by Gasteiger charge is -2.26. The third kappa shape index (κ3) is 5.13. The Bertz CT molecular complexity index is 1440. The minimum absolute atomic E-state index is 0.0234. The SMILES string of the molecule is CCOc1ccc(-c2ccc([C@@H]3[C@@H](c4ccccn4)NC(=S)N3c3ccc(NC(=O)CC)c(C)c3)o2)cc1. The predicted octanol–water partition coefficient (Wildman–Crippen LogP) is 6.57. The second-order valence-corrected chi connectivity index (χ2v) is 9.44. The Labute approximate surface area is 227 Å². The van der Waals surface area contributed by atoms with Gasteiger partial charge in [0.1, 0.15) is 23.3 Å². The highest BCUT2D eigenvalue weighted by Crippen LogP contribution is 2.43. The fraction of sp³-hybridized carbons (Fsp3) is 0.233. The number of ether oxygens (including phenoxy) is 1. The maximum absolute atomic E-state index is 12.0. The van der Waals surface area contributed by atoms with Crippen LogP contribution in [0.4, 0.5) is 11.4 Å². The number of hydrogen-bond donors (Lipinski definition) is 2. The number of nitrogens with zero attached hydrogens (tertiary/aromatic N) is 2. The fourth-order valence-corrected chi connectivity index (χ4v) is 4.99. The lowest BCUT2D eigenvalue weighted by molar-refractivity contribution is -0.115. The zero-order valence-corrected chi connectivity index (χ0v) is 22.4. The average molecular weight is 527 g/mol. The van der Waals surface area contributed by atoms with Gasteiger partial charge in [-0.1, -0.05) is 13.0 Å². The molecule has 0 bridgehead atoms. The molecule has 0 aliphatic carbocycles. The summed E-state index contributed by atoms with van der Waals surface area (Å²) >= 11 is 5.84. The Balaban J connectivity index is 1.52.